The van der Waals surface area contributed by atoms with E-state index in [0.717, 1.165) is 12.1 Å². The van der Waals surface area contributed by atoms with Crippen molar-refractivity contribution < 1.29 is 13.7 Å². The molecule has 6 heteroatoms. The van der Waals surface area contributed by atoms with Crippen LogP contribution in [0.1, 0.15) is 5.56 Å². The first-order valence-electron chi connectivity index (χ1n) is 5.30. The Morgan fingerprint density at radius 3 is 2.63 bits per heavy atom. The monoisotopic (exact) mass is 262 g/mol. The fourth-order valence-corrected chi connectivity index (χ4v) is 1.45. The molecule has 2 aromatic carbocycles. The average molecular weight is 262 g/mol. The molecule has 0 N–H and O–H groups in total. The van der Waals surface area contributed by atoms with Gasteiger partial charge in [-0.05, 0) is 17.7 Å². The van der Waals surface area contributed by atoms with Gasteiger partial charge in [-0.3, -0.25) is 15.1 Å². The molecular formula is C13H8F2N2O2. The summed E-state index contributed by atoms with van der Waals surface area (Å²) in [5.74, 6) is -1.48. The van der Waals surface area contributed by atoms with E-state index >= 15 is 0 Å². The number of halogens is 2. The third-order valence-electron chi connectivity index (χ3n) is 2.34. The highest BCUT2D eigenvalue weighted by atomic mass is 19.1. The maximum Gasteiger partial charge on any atom is 0.270 e. The highest BCUT2D eigenvalue weighted by Gasteiger charge is 2.05. The fourth-order valence-electron chi connectivity index (χ4n) is 1.45. The molecule has 0 atom stereocenters. The number of nitro benzene ring substituents is 1. The van der Waals surface area contributed by atoms with Crippen LogP contribution < -0.4 is 0 Å². The number of hydrogen-bond acceptors (Lipinski definition) is 3. The van der Waals surface area contributed by atoms with Crippen LogP contribution in [0.2, 0.25) is 0 Å². The molecule has 4 nitrogen and oxygen atoms in total. The van der Waals surface area contributed by atoms with Crippen molar-refractivity contribution in [3.05, 3.63) is 69.8 Å². The first-order valence-corrected chi connectivity index (χ1v) is 5.30. The summed E-state index contributed by atoms with van der Waals surface area (Å²) in [4.78, 5) is 13.9. The minimum Gasteiger partial charge on any atom is -0.258 e. The normalized spacial score (nSPS) is 10.8. The molecule has 19 heavy (non-hydrogen) atoms. The summed E-state index contributed by atoms with van der Waals surface area (Å²) in [6, 6.07) is 8.75. The van der Waals surface area contributed by atoms with Crippen molar-refractivity contribution in [3.63, 3.8) is 0 Å². The molecule has 0 spiro atoms. The molecule has 0 aromatic heterocycles. The third kappa shape index (κ3) is 3.19. The van der Waals surface area contributed by atoms with Crippen LogP contribution >= 0.6 is 0 Å². The van der Waals surface area contributed by atoms with E-state index in [1.807, 2.05) is 0 Å². The predicted octanol–water partition coefficient (Wildman–Crippen LogP) is 3.62. The van der Waals surface area contributed by atoms with Gasteiger partial charge in [-0.1, -0.05) is 12.1 Å². The number of non-ortho nitro benzene ring substituents is 1. The van der Waals surface area contributed by atoms with Crippen molar-refractivity contribution >= 4 is 17.6 Å². The zero-order valence-electron chi connectivity index (χ0n) is 9.59. The van der Waals surface area contributed by atoms with E-state index in [2.05, 4.69) is 4.99 Å². The summed E-state index contributed by atoms with van der Waals surface area (Å²) < 4.78 is 26.0. The molecule has 0 aliphatic carbocycles. The van der Waals surface area contributed by atoms with Crippen LogP contribution in [0.4, 0.5) is 20.2 Å². The van der Waals surface area contributed by atoms with Gasteiger partial charge in [0.2, 0.25) is 0 Å². The summed E-state index contributed by atoms with van der Waals surface area (Å²) in [6.45, 7) is 0. The Labute approximate surface area is 107 Å². The largest absolute Gasteiger partial charge is 0.270 e. The summed E-state index contributed by atoms with van der Waals surface area (Å²) in [5, 5.41) is 10.6. The van der Waals surface area contributed by atoms with Crippen LogP contribution in [-0.2, 0) is 0 Å². The Balaban J connectivity index is 2.27. The Morgan fingerprint density at radius 1 is 1.16 bits per heavy atom. The number of aliphatic imine (C=N–C) groups is 1. The Bertz CT molecular complexity index is 657. The van der Waals surface area contributed by atoms with Crippen molar-refractivity contribution in [1.82, 2.24) is 0 Å². The summed E-state index contributed by atoms with van der Waals surface area (Å²) in [5.41, 5.74) is 0.342. The summed E-state index contributed by atoms with van der Waals surface area (Å²) in [7, 11) is 0. The van der Waals surface area contributed by atoms with Gasteiger partial charge < -0.3 is 0 Å². The zero-order chi connectivity index (χ0) is 13.8. The molecule has 0 saturated carbocycles. The molecule has 0 amide bonds. The van der Waals surface area contributed by atoms with Gasteiger partial charge >= 0.3 is 0 Å². The molecule has 0 heterocycles. The lowest BCUT2D eigenvalue weighted by Gasteiger charge is -1.97. The van der Waals surface area contributed by atoms with Gasteiger partial charge in [0.15, 0.2) is 5.82 Å². The molecule has 0 aliphatic rings. The van der Waals surface area contributed by atoms with Crippen molar-refractivity contribution in [2.45, 2.75) is 0 Å². The average Bonchev–Trinajstić information content (AvgIpc) is 2.38. The van der Waals surface area contributed by atoms with Gasteiger partial charge in [0, 0.05) is 24.4 Å². The van der Waals surface area contributed by atoms with Gasteiger partial charge in [0.25, 0.3) is 5.69 Å². The van der Waals surface area contributed by atoms with Crippen LogP contribution in [0.15, 0.2) is 47.5 Å². The lowest BCUT2D eigenvalue weighted by Crippen LogP contribution is -1.89. The van der Waals surface area contributed by atoms with Crippen LogP contribution in [-0.4, -0.2) is 11.1 Å². The van der Waals surface area contributed by atoms with Crippen LogP contribution in [0, 0.1) is 21.7 Å². The first-order chi connectivity index (χ1) is 9.06. The van der Waals surface area contributed by atoms with E-state index in [-0.39, 0.29) is 11.4 Å². The second kappa shape index (κ2) is 5.34. The zero-order valence-corrected chi connectivity index (χ0v) is 9.59. The van der Waals surface area contributed by atoms with Gasteiger partial charge in [0.05, 0.1) is 10.6 Å². The van der Waals surface area contributed by atoms with Gasteiger partial charge in [0.1, 0.15) is 5.82 Å². The van der Waals surface area contributed by atoms with Gasteiger partial charge in [-0.25, -0.2) is 8.78 Å². The van der Waals surface area contributed by atoms with E-state index in [4.69, 9.17) is 0 Å². The smallest absolute Gasteiger partial charge is 0.258 e. The maximum absolute atomic E-state index is 13.3. The van der Waals surface area contributed by atoms with E-state index in [1.54, 1.807) is 6.07 Å². The van der Waals surface area contributed by atoms with E-state index in [1.165, 1.54) is 30.5 Å². The van der Waals surface area contributed by atoms with Crippen molar-refractivity contribution in [2.24, 2.45) is 4.99 Å². The quantitative estimate of drug-likeness (QED) is 0.482. The minimum absolute atomic E-state index is 0.0343. The highest BCUT2D eigenvalue weighted by Crippen LogP contribution is 2.19. The van der Waals surface area contributed by atoms with Crippen molar-refractivity contribution in [3.8, 4) is 0 Å². The molecule has 0 radical (unpaired) electrons. The first kappa shape index (κ1) is 12.8. The van der Waals surface area contributed by atoms with Crippen molar-refractivity contribution in [2.75, 3.05) is 0 Å². The maximum atomic E-state index is 13.3. The van der Waals surface area contributed by atoms with Crippen LogP contribution in [0.5, 0.6) is 0 Å². The molecule has 96 valence electrons. The molecule has 0 bridgehead atoms. The van der Waals surface area contributed by atoms with Crippen molar-refractivity contribution in [1.29, 1.82) is 0 Å². The molecule has 0 aliphatic heterocycles. The standard InChI is InChI=1S/C13H8F2N2O2/c14-10-4-5-13(12(15)7-10)16-8-9-2-1-3-11(6-9)17(18)19/h1-8H. The second-order valence-corrected chi connectivity index (χ2v) is 3.71. The molecule has 2 rings (SSSR count). The number of benzene rings is 2. The molecule has 0 fully saturated rings. The van der Waals surface area contributed by atoms with E-state index in [9.17, 15) is 18.9 Å². The second-order valence-electron chi connectivity index (χ2n) is 3.71. The number of nitrogens with zero attached hydrogens (tertiary/aromatic N) is 2. The van der Waals surface area contributed by atoms with Crippen LogP contribution in [0.3, 0.4) is 0 Å². The van der Waals surface area contributed by atoms with Gasteiger partial charge in [-0.15, -0.1) is 0 Å². The Hall–Kier alpha value is -2.63. The predicted molar refractivity (Wildman–Crippen MR) is 66.7 cm³/mol. The topological polar surface area (TPSA) is 55.5 Å². The summed E-state index contributed by atoms with van der Waals surface area (Å²) in [6.07, 6.45) is 1.28. The number of hydrogen-bond donors (Lipinski definition) is 0. The number of rotatable bonds is 3. The highest BCUT2D eigenvalue weighted by molar-refractivity contribution is 5.82. The lowest BCUT2D eigenvalue weighted by atomic mass is 10.2. The lowest BCUT2D eigenvalue weighted by molar-refractivity contribution is -0.384. The van der Waals surface area contributed by atoms with E-state index < -0.39 is 16.6 Å². The van der Waals surface area contributed by atoms with E-state index in [0.29, 0.717) is 5.56 Å². The van der Waals surface area contributed by atoms with Crippen LogP contribution in [0.25, 0.3) is 0 Å². The van der Waals surface area contributed by atoms with Gasteiger partial charge in [-0.2, -0.15) is 0 Å². The molecule has 2 aromatic rings. The fraction of sp³-hybridized carbons (Fsp3) is 0. The molecule has 0 unspecified atom stereocenters. The third-order valence-corrected chi connectivity index (χ3v) is 2.34. The summed E-state index contributed by atoms with van der Waals surface area (Å²) >= 11 is 0. The Kier molecular flexibility index (Phi) is 3.61. The molecular weight excluding hydrogens is 254 g/mol. The molecule has 0 saturated heterocycles. The number of nitro groups is 1. The SMILES string of the molecule is O=[N+]([O-])c1cccc(C=Nc2ccc(F)cc2F)c1. The minimum atomic E-state index is -0.790. The Morgan fingerprint density at radius 2 is 1.95 bits per heavy atom.